The van der Waals surface area contributed by atoms with Crippen molar-refractivity contribution in [1.29, 1.82) is 0 Å². The van der Waals surface area contributed by atoms with E-state index in [1.165, 1.54) is 51.0 Å². The number of aliphatic imine (C=N–C) groups is 1. The summed E-state index contributed by atoms with van der Waals surface area (Å²) < 4.78 is 27.5. The van der Waals surface area contributed by atoms with E-state index in [4.69, 9.17) is 0 Å². The van der Waals surface area contributed by atoms with Gasteiger partial charge in [-0.2, -0.15) is 0 Å². The number of anilines is 1. The summed E-state index contributed by atoms with van der Waals surface area (Å²) in [5.41, 5.74) is 0.349. The van der Waals surface area contributed by atoms with Crippen molar-refractivity contribution in [3.05, 3.63) is 29.8 Å². The van der Waals surface area contributed by atoms with Crippen LogP contribution in [-0.2, 0) is 0 Å². The van der Waals surface area contributed by atoms with Crippen molar-refractivity contribution in [3.8, 4) is 0 Å². The monoisotopic (exact) mass is 393 g/mol. The first kappa shape index (κ1) is 20.8. The molecule has 0 spiro atoms. The standard InChI is InChI=1S/C21H33F2N5/c1-3-8-26-9-6-17(7-10-26)16-25-21(24-2)28-13-11-27(12-14-28)20-15-18(22)4-5-19(20)23/h4-5,15,17H,3,6-14,16H2,1-2H3,(H,24,25). The molecule has 156 valence electrons. The number of hydrogen-bond acceptors (Lipinski definition) is 3. The molecule has 1 aromatic carbocycles. The Kier molecular flexibility index (Phi) is 7.48. The smallest absolute Gasteiger partial charge is 0.193 e. The molecular formula is C21H33F2N5. The average Bonchev–Trinajstić information content (AvgIpc) is 2.72. The van der Waals surface area contributed by atoms with E-state index in [0.29, 0.717) is 24.7 Å². The largest absolute Gasteiger partial charge is 0.366 e. The Morgan fingerprint density at radius 2 is 1.82 bits per heavy atom. The number of likely N-dealkylation sites (tertiary alicyclic amines) is 1. The van der Waals surface area contributed by atoms with E-state index in [1.807, 2.05) is 11.9 Å². The number of rotatable bonds is 5. The minimum Gasteiger partial charge on any atom is -0.366 e. The lowest BCUT2D eigenvalue weighted by atomic mass is 9.97. The van der Waals surface area contributed by atoms with Crippen LogP contribution in [0.5, 0.6) is 0 Å². The Morgan fingerprint density at radius 3 is 2.46 bits per heavy atom. The lowest BCUT2D eigenvalue weighted by Crippen LogP contribution is -2.53. The topological polar surface area (TPSA) is 34.1 Å². The van der Waals surface area contributed by atoms with Gasteiger partial charge in [-0.3, -0.25) is 4.99 Å². The third-order valence-corrected chi connectivity index (χ3v) is 5.84. The van der Waals surface area contributed by atoms with Crippen LogP contribution in [0.4, 0.5) is 14.5 Å². The minimum absolute atomic E-state index is 0.349. The van der Waals surface area contributed by atoms with Gasteiger partial charge in [0.1, 0.15) is 11.6 Å². The Balaban J connectivity index is 1.46. The van der Waals surface area contributed by atoms with E-state index in [9.17, 15) is 8.78 Å². The Labute approximate surface area is 167 Å². The first-order valence-electron chi connectivity index (χ1n) is 10.5. The fraction of sp³-hybridized carbons (Fsp3) is 0.667. The third-order valence-electron chi connectivity index (χ3n) is 5.84. The molecule has 5 nitrogen and oxygen atoms in total. The summed E-state index contributed by atoms with van der Waals surface area (Å²) in [4.78, 5) is 11.1. The molecule has 2 aliphatic heterocycles. The van der Waals surface area contributed by atoms with Gasteiger partial charge in [-0.1, -0.05) is 6.92 Å². The predicted octanol–water partition coefficient (Wildman–Crippen LogP) is 2.78. The number of halogens is 2. The summed E-state index contributed by atoms with van der Waals surface area (Å²) >= 11 is 0. The van der Waals surface area contributed by atoms with Crippen molar-refractivity contribution in [2.45, 2.75) is 26.2 Å². The van der Waals surface area contributed by atoms with Crippen LogP contribution in [0, 0.1) is 17.6 Å². The lowest BCUT2D eigenvalue weighted by Gasteiger charge is -2.38. The van der Waals surface area contributed by atoms with E-state index < -0.39 is 5.82 Å². The number of guanidine groups is 1. The number of piperazine rings is 1. The fourth-order valence-corrected chi connectivity index (χ4v) is 4.19. The van der Waals surface area contributed by atoms with Gasteiger partial charge in [0.15, 0.2) is 5.96 Å². The second-order valence-corrected chi connectivity index (χ2v) is 7.78. The first-order valence-corrected chi connectivity index (χ1v) is 10.5. The maximum absolute atomic E-state index is 14.0. The fourth-order valence-electron chi connectivity index (χ4n) is 4.19. The van der Waals surface area contributed by atoms with Gasteiger partial charge in [0.25, 0.3) is 0 Å². The van der Waals surface area contributed by atoms with E-state index in [0.717, 1.165) is 31.7 Å². The Bertz CT molecular complexity index is 650. The van der Waals surface area contributed by atoms with Crippen molar-refractivity contribution < 1.29 is 8.78 Å². The molecule has 0 aromatic heterocycles. The highest BCUT2D eigenvalue weighted by atomic mass is 19.1. The van der Waals surface area contributed by atoms with Crippen molar-refractivity contribution in [2.24, 2.45) is 10.9 Å². The average molecular weight is 394 g/mol. The minimum atomic E-state index is -0.402. The molecule has 0 atom stereocenters. The van der Waals surface area contributed by atoms with E-state index >= 15 is 0 Å². The number of benzene rings is 1. The quantitative estimate of drug-likeness (QED) is 0.616. The molecule has 0 saturated carbocycles. The van der Waals surface area contributed by atoms with Gasteiger partial charge in [-0.25, -0.2) is 8.78 Å². The van der Waals surface area contributed by atoms with Gasteiger partial charge in [0.05, 0.1) is 5.69 Å². The van der Waals surface area contributed by atoms with Crippen LogP contribution in [0.15, 0.2) is 23.2 Å². The maximum atomic E-state index is 14.0. The lowest BCUT2D eigenvalue weighted by molar-refractivity contribution is 0.184. The van der Waals surface area contributed by atoms with E-state index in [1.54, 1.807) is 0 Å². The van der Waals surface area contributed by atoms with Crippen LogP contribution >= 0.6 is 0 Å². The summed E-state index contributed by atoms with van der Waals surface area (Å²) in [6.45, 7) is 9.55. The molecule has 2 saturated heterocycles. The van der Waals surface area contributed by atoms with Crippen LogP contribution < -0.4 is 10.2 Å². The molecular weight excluding hydrogens is 360 g/mol. The van der Waals surface area contributed by atoms with Gasteiger partial charge in [0, 0.05) is 45.8 Å². The van der Waals surface area contributed by atoms with Crippen LogP contribution in [0.25, 0.3) is 0 Å². The number of nitrogens with zero attached hydrogens (tertiary/aromatic N) is 4. The normalized spacial score (nSPS) is 19.9. The molecule has 3 rings (SSSR count). The SMILES string of the molecule is CCCN1CCC(CNC(=NC)N2CCN(c3cc(F)ccc3F)CC2)CC1. The van der Waals surface area contributed by atoms with Crippen LogP contribution in [0.2, 0.25) is 0 Å². The van der Waals surface area contributed by atoms with Crippen LogP contribution in [0.3, 0.4) is 0 Å². The molecule has 2 fully saturated rings. The summed E-state index contributed by atoms with van der Waals surface area (Å²) in [7, 11) is 1.81. The molecule has 7 heteroatoms. The van der Waals surface area contributed by atoms with Crippen LogP contribution in [0.1, 0.15) is 26.2 Å². The number of nitrogens with one attached hydrogen (secondary N) is 1. The van der Waals surface area contributed by atoms with Crippen molar-refractivity contribution >= 4 is 11.6 Å². The molecule has 0 unspecified atom stereocenters. The molecule has 0 amide bonds. The summed E-state index contributed by atoms with van der Waals surface area (Å²) in [6, 6.07) is 3.64. The van der Waals surface area contributed by atoms with Crippen molar-refractivity contribution in [2.75, 3.05) is 64.3 Å². The number of piperidine rings is 1. The molecule has 2 heterocycles. The molecule has 1 N–H and O–H groups in total. The molecule has 0 radical (unpaired) electrons. The van der Waals surface area contributed by atoms with Crippen molar-refractivity contribution in [3.63, 3.8) is 0 Å². The van der Waals surface area contributed by atoms with Crippen molar-refractivity contribution in [1.82, 2.24) is 15.1 Å². The second kappa shape index (κ2) is 10.0. The highest BCUT2D eigenvalue weighted by molar-refractivity contribution is 5.80. The second-order valence-electron chi connectivity index (χ2n) is 7.78. The van der Waals surface area contributed by atoms with Gasteiger partial charge >= 0.3 is 0 Å². The summed E-state index contributed by atoms with van der Waals surface area (Å²) in [6.07, 6.45) is 3.69. The zero-order valence-electron chi connectivity index (χ0n) is 17.1. The first-order chi connectivity index (χ1) is 13.6. The summed E-state index contributed by atoms with van der Waals surface area (Å²) in [5, 5.41) is 3.54. The molecule has 0 bridgehead atoms. The van der Waals surface area contributed by atoms with Gasteiger partial charge < -0.3 is 20.0 Å². The van der Waals surface area contributed by atoms with Gasteiger partial charge in [-0.15, -0.1) is 0 Å². The Morgan fingerprint density at radius 1 is 1.11 bits per heavy atom. The zero-order valence-corrected chi connectivity index (χ0v) is 17.1. The Hall–Kier alpha value is -1.89. The van der Waals surface area contributed by atoms with Gasteiger partial charge in [-0.05, 0) is 56.9 Å². The highest BCUT2D eigenvalue weighted by Crippen LogP contribution is 2.22. The van der Waals surface area contributed by atoms with Gasteiger partial charge in [0.2, 0.25) is 0 Å². The molecule has 0 aliphatic carbocycles. The maximum Gasteiger partial charge on any atom is 0.193 e. The van der Waals surface area contributed by atoms with E-state index in [2.05, 4.69) is 27.0 Å². The third kappa shape index (κ3) is 5.34. The highest BCUT2D eigenvalue weighted by Gasteiger charge is 2.23. The molecule has 2 aliphatic rings. The molecule has 1 aromatic rings. The number of hydrogen-bond donors (Lipinski definition) is 1. The van der Waals surface area contributed by atoms with E-state index in [-0.39, 0.29) is 5.82 Å². The molecule has 28 heavy (non-hydrogen) atoms. The van der Waals surface area contributed by atoms with Crippen LogP contribution in [-0.4, -0.2) is 75.2 Å². The predicted molar refractivity (Wildman–Crippen MR) is 111 cm³/mol. The zero-order chi connectivity index (χ0) is 19.9. The summed E-state index contributed by atoms with van der Waals surface area (Å²) in [5.74, 6) is 0.830.